The summed E-state index contributed by atoms with van der Waals surface area (Å²) in [5.74, 6) is -0.615. The minimum absolute atomic E-state index is 0.0509. The van der Waals surface area contributed by atoms with Crippen molar-refractivity contribution in [2.24, 2.45) is 11.7 Å². The van der Waals surface area contributed by atoms with Crippen molar-refractivity contribution in [2.75, 3.05) is 11.4 Å². The Hall–Kier alpha value is -1.56. The maximum Gasteiger partial charge on any atom is 0.305 e. The van der Waals surface area contributed by atoms with Crippen LogP contribution in [0.5, 0.6) is 0 Å². The van der Waals surface area contributed by atoms with Gasteiger partial charge in [0.2, 0.25) is 0 Å². The van der Waals surface area contributed by atoms with Gasteiger partial charge in [-0.3, -0.25) is 9.59 Å². The number of carbonyl (C=O) groups excluding carboxylic acids is 1. The third-order valence-electron chi connectivity index (χ3n) is 4.19. The fraction of sp³-hybridized carbons (Fsp3) is 0.625. The summed E-state index contributed by atoms with van der Waals surface area (Å²) >= 11 is 1.61. The van der Waals surface area contributed by atoms with Crippen LogP contribution in [0.3, 0.4) is 0 Å². The molecule has 1 aromatic rings. The van der Waals surface area contributed by atoms with Crippen molar-refractivity contribution in [2.45, 2.75) is 52.5 Å². The van der Waals surface area contributed by atoms with Gasteiger partial charge < -0.3 is 15.7 Å². The lowest BCUT2D eigenvalue weighted by atomic mass is 9.88. The van der Waals surface area contributed by atoms with Crippen LogP contribution in [0, 0.1) is 5.92 Å². The average Bonchev–Trinajstić information content (AvgIpc) is 2.76. The molecule has 0 saturated heterocycles. The van der Waals surface area contributed by atoms with Gasteiger partial charge in [0.25, 0.3) is 5.91 Å². The number of carboxylic acids is 1. The van der Waals surface area contributed by atoms with E-state index in [2.05, 4.69) is 6.92 Å². The van der Waals surface area contributed by atoms with Crippen molar-refractivity contribution in [3.63, 3.8) is 0 Å². The number of amides is 1. The van der Waals surface area contributed by atoms with E-state index in [0.717, 1.165) is 29.8 Å². The third-order valence-corrected chi connectivity index (χ3v) is 5.48. The summed E-state index contributed by atoms with van der Waals surface area (Å²) in [5, 5.41) is 9.80. The lowest BCUT2D eigenvalue weighted by Gasteiger charge is -2.28. The number of carboxylic acid groups (broad SMARTS) is 1. The highest BCUT2D eigenvalue weighted by Crippen LogP contribution is 2.41. The van der Waals surface area contributed by atoms with E-state index in [9.17, 15) is 9.59 Å². The summed E-state index contributed by atoms with van der Waals surface area (Å²) in [4.78, 5) is 26.1. The molecule has 1 aliphatic rings. The molecule has 0 aromatic carbocycles. The molecule has 22 heavy (non-hydrogen) atoms. The molecule has 0 radical (unpaired) electrons. The van der Waals surface area contributed by atoms with Gasteiger partial charge in [0, 0.05) is 17.5 Å². The first-order chi connectivity index (χ1) is 10.3. The fourth-order valence-electron chi connectivity index (χ4n) is 3.00. The van der Waals surface area contributed by atoms with Gasteiger partial charge in [-0.2, -0.15) is 0 Å². The van der Waals surface area contributed by atoms with Crippen molar-refractivity contribution in [1.82, 2.24) is 0 Å². The first-order valence-electron chi connectivity index (χ1n) is 7.74. The van der Waals surface area contributed by atoms with Crippen molar-refractivity contribution < 1.29 is 14.7 Å². The van der Waals surface area contributed by atoms with Crippen LogP contribution in [0.1, 0.15) is 54.4 Å². The number of aliphatic carboxylic acids is 1. The summed E-state index contributed by atoms with van der Waals surface area (Å²) in [6.45, 7) is 6.63. The lowest BCUT2D eigenvalue weighted by molar-refractivity contribution is -0.136. The Bertz CT molecular complexity index is 580. The number of anilines is 1. The molecule has 0 fully saturated rings. The molecular formula is C16H24N2O3S. The van der Waals surface area contributed by atoms with Crippen LogP contribution in [-0.4, -0.2) is 29.6 Å². The quantitative estimate of drug-likeness (QED) is 0.842. The first-order valence-corrected chi connectivity index (χ1v) is 8.55. The van der Waals surface area contributed by atoms with E-state index in [-0.39, 0.29) is 12.5 Å². The van der Waals surface area contributed by atoms with E-state index >= 15 is 0 Å². The number of fused-ring (bicyclic) bond motifs is 1. The smallest absolute Gasteiger partial charge is 0.305 e. The molecule has 5 nitrogen and oxygen atoms in total. The van der Waals surface area contributed by atoms with E-state index in [1.807, 2.05) is 18.7 Å². The Labute approximate surface area is 135 Å². The summed E-state index contributed by atoms with van der Waals surface area (Å²) in [5.41, 5.74) is 7.34. The van der Waals surface area contributed by atoms with Crippen LogP contribution in [-0.2, 0) is 17.6 Å². The normalized spacial score (nSPS) is 17.4. The van der Waals surface area contributed by atoms with Crippen molar-refractivity contribution in [3.8, 4) is 0 Å². The van der Waals surface area contributed by atoms with Crippen LogP contribution in [0.25, 0.3) is 0 Å². The summed E-state index contributed by atoms with van der Waals surface area (Å²) in [6.07, 6.45) is 2.98. The van der Waals surface area contributed by atoms with Gasteiger partial charge in [0.15, 0.2) is 0 Å². The molecule has 1 unspecified atom stereocenters. The second-order valence-corrected chi connectivity index (χ2v) is 7.41. The van der Waals surface area contributed by atoms with E-state index in [4.69, 9.17) is 10.8 Å². The summed E-state index contributed by atoms with van der Waals surface area (Å²) in [7, 11) is 0. The number of hydrogen-bond donors (Lipinski definition) is 2. The Balaban J connectivity index is 2.43. The molecule has 0 saturated carbocycles. The molecule has 0 aliphatic heterocycles. The lowest BCUT2D eigenvalue weighted by Crippen LogP contribution is -2.34. The standard InChI is InChI=1S/C16H24N2O3S/c1-9(2)18(7-6-13(19)20)16-14(15(17)21)11-5-4-10(3)8-12(11)22-16/h9-10H,4-8H2,1-3H3,(H2,17,21)(H,19,20). The number of primary amides is 1. The van der Waals surface area contributed by atoms with E-state index in [1.54, 1.807) is 11.3 Å². The predicted molar refractivity (Wildman–Crippen MR) is 88.8 cm³/mol. The van der Waals surface area contributed by atoms with Gasteiger partial charge in [-0.15, -0.1) is 11.3 Å². The molecule has 0 bridgehead atoms. The molecule has 1 aromatic heterocycles. The highest BCUT2D eigenvalue weighted by Gasteiger charge is 2.29. The van der Waals surface area contributed by atoms with Crippen LogP contribution < -0.4 is 10.6 Å². The zero-order chi connectivity index (χ0) is 16.4. The minimum Gasteiger partial charge on any atom is -0.481 e. The van der Waals surface area contributed by atoms with Gasteiger partial charge in [0.1, 0.15) is 5.00 Å². The van der Waals surface area contributed by atoms with Crippen molar-refractivity contribution in [1.29, 1.82) is 0 Å². The summed E-state index contributed by atoms with van der Waals surface area (Å²) < 4.78 is 0. The van der Waals surface area contributed by atoms with Gasteiger partial charge in [-0.05, 0) is 44.6 Å². The topological polar surface area (TPSA) is 83.6 Å². The van der Waals surface area contributed by atoms with Crippen LogP contribution in [0.2, 0.25) is 0 Å². The first kappa shape index (κ1) is 16.8. The van der Waals surface area contributed by atoms with E-state index < -0.39 is 11.9 Å². The number of nitrogens with zero attached hydrogens (tertiary/aromatic N) is 1. The Morgan fingerprint density at radius 1 is 1.45 bits per heavy atom. The maximum atomic E-state index is 12.0. The van der Waals surface area contributed by atoms with Crippen molar-refractivity contribution >= 4 is 28.2 Å². The third kappa shape index (κ3) is 3.43. The Kier molecular flexibility index (Phi) is 5.11. The highest BCUT2D eigenvalue weighted by atomic mass is 32.1. The zero-order valence-corrected chi connectivity index (χ0v) is 14.2. The van der Waals surface area contributed by atoms with Crippen molar-refractivity contribution in [3.05, 3.63) is 16.0 Å². The average molecular weight is 324 g/mol. The van der Waals surface area contributed by atoms with E-state index in [1.165, 1.54) is 4.88 Å². The second-order valence-electron chi connectivity index (χ2n) is 6.33. The van der Waals surface area contributed by atoms with Gasteiger partial charge in [-0.25, -0.2) is 0 Å². The number of hydrogen-bond acceptors (Lipinski definition) is 4. The second kappa shape index (κ2) is 6.69. The highest BCUT2D eigenvalue weighted by molar-refractivity contribution is 7.16. The number of rotatable bonds is 6. The van der Waals surface area contributed by atoms with Gasteiger partial charge in [-0.1, -0.05) is 6.92 Å². The van der Waals surface area contributed by atoms with Crippen LogP contribution in [0.4, 0.5) is 5.00 Å². The molecule has 1 amide bonds. The monoisotopic (exact) mass is 324 g/mol. The Morgan fingerprint density at radius 2 is 2.14 bits per heavy atom. The Morgan fingerprint density at radius 3 is 2.68 bits per heavy atom. The molecule has 0 spiro atoms. The van der Waals surface area contributed by atoms with Gasteiger partial charge in [0.05, 0.1) is 12.0 Å². The largest absolute Gasteiger partial charge is 0.481 e. The summed E-state index contributed by atoms with van der Waals surface area (Å²) in [6, 6.07) is 0.120. The molecule has 2 rings (SSSR count). The molecule has 1 aliphatic carbocycles. The number of thiophene rings is 1. The molecule has 6 heteroatoms. The van der Waals surface area contributed by atoms with Crippen LogP contribution >= 0.6 is 11.3 Å². The van der Waals surface area contributed by atoms with E-state index in [0.29, 0.717) is 18.0 Å². The molecule has 1 atom stereocenters. The van der Waals surface area contributed by atoms with Gasteiger partial charge >= 0.3 is 5.97 Å². The number of nitrogens with two attached hydrogens (primary N) is 1. The van der Waals surface area contributed by atoms with Crippen LogP contribution in [0.15, 0.2) is 0 Å². The SMILES string of the molecule is CC1CCc2c(sc(N(CCC(=O)O)C(C)C)c2C(N)=O)C1. The molecular weight excluding hydrogens is 300 g/mol. The predicted octanol–water partition coefficient (Wildman–Crippen LogP) is 2.66. The number of carbonyl (C=O) groups is 2. The maximum absolute atomic E-state index is 12.0. The molecule has 122 valence electrons. The molecule has 3 N–H and O–H groups in total. The zero-order valence-electron chi connectivity index (χ0n) is 13.4. The fourth-order valence-corrected chi connectivity index (χ4v) is 4.68. The molecule has 1 heterocycles. The minimum atomic E-state index is -0.832.